The van der Waals surface area contributed by atoms with E-state index in [0.717, 1.165) is 0 Å². The van der Waals surface area contributed by atoms with Crippen LogP contribution in [0.1, 0.15) is 0 Å². The van der Waals surface area contributed by atoms with Gasteiger partial charge in [0, 0.05) is 21.7 Å². The molecule has 0 aliphatic heterocycles. The van der Waals surface area contributed by atoms with Gasteiger partial charge in [0.05, 0.1) is 7.11 Å². The molecule has 0 heterocycles. The fourth-order valence-corrected chi connectivity index (χ4v) is 0. The molecule has 0 radical (unpaired) electrons. The van der Waals surface area contributed by atoms with E-state index >= 15 is 0 Å². The van der Waals surface area contributed by atoms with Crippen LogP contribution in [0.4, 0.5) is 0 Å². The van der Waals surface area contributed by atoms with Crippen LogP contribution in [0.15, 0.2) is 0 Å². The van der Waals surface area contributed by atoms with E-state index < -0.39 is 0 Å². The van der Waals surface area contributed by atoms with Gasteiger partial charge in [-0.15, -0.1) is 0 Å². The summed E-state index contributed by atoms with van der Waals surface area (Å²) in [7, 11) is 1.18. The summed E-state index contributed by atoms with van der Waals surface area (Å²) >= 11 is 0. The van der Waals surface area contributed by atoms with Gasteiger partial charge >= 0.3 is 0 Å². The maximum absolute atomic E-state index is 7.07. The molecule has 0 unspecified atom stereocenters. The normalized spacial score (nSPS) is 4.50. The fraction of sp³-hybridized carbons (Fsp3) is 1.00. The van der Waals surface area contributed by atoms with Crippen LogP contribution in [0.3, 0.4) is 0 Å². The first-order valence-electron chi connectivity index (χ1n) is 0.591. The molecular formula is CH4O2Ti. The zero-order valence-corrected chi connectivity index (χ0v) is 3.92. The predicted molar refractivity (Wildman–Crippen MR) is 9.64 cm³/mol. The molecule has 0 rings (SSSR count). The fourth-order valence-electron chi connectivity index (χ4n) is 0. The average molecular weight is 95.9 g/mol. The number of hydrogen-bond acceptors (Lipinski definition) is 2. The molecule has 0 bridgehead atoms. The van der Waals surface area contributed by atoms with E-state index in [-0.39, 0.29) is 21.7 Å². The van der Waals surface area contributed by atoms with Crippen LogP contribution in [-0.2, 0) is 26.6 Å². The number of hydrogen-bond donors (Lipinski definition) is 1. The predicted octanol–water partition coefficient (Wildman–Crippen LogP) is 0.103. The Bertz CT molecular complexity index is 6.00. The Morgan fingerprint density at radius 3 is 1.75 bits per heavy atom. The van der Waals surface area contributed by atoms with Gasteiger partial charge in [-0.1, -0.05) is 0 Å². The molecule has 24 valence electrons. The molecule has 4 heavy (non-hydrogen) atoms. The minimum atomic E-state index is 0. The van der Waals surface area contributed by atoms with Crippen molar-refractivity contribution in [3.63, 3.8) is 0 Å². The smallest absolute Gasteiger partial charge is 0.0710 e. The molecule has 2 nitrogen and oxygen atoms in total. The molecule has 0 atom stereocenters. The molecule has 0 aliphatic rings. The first-order valence-corrected chi connectivity index (χ1v) is 0.591. The zero-order valence-electron chi connectivity index (χ0n) is 2.36. The average Bonchev–Trinajstić information content (AvgIpc) is 0.918. The third-order valence-electron chi connectivity index (χ3n) is 0. The molecule has 0 aromatic rings. The van der Waals surface area contributed by atoms with Gasteiger partial charge in [0.1, 0.15) is 0 Å². The second-order valence-corrected chi connectivity index (χ2v) is 0.183. The Kier molecular flexibility index (Phi) is 20.8. The standard InChI is InChI=1S/CH4O2.Ti/c1-3-2;/h2H,1H3;. The minimum Gasteiger partial charge on any atom is -0.252 e. The van der Waals surface area contributed by atoms with E-state index in [2.05, 4.69) is 4.89 Å². The van der Waals surface area contributed by atoms with Crippen molar-refractivity contribution >= 4 is 0 Å². The van der Waals surface area contributed by atoms with Crippen LogP contribution in [0.25, 0.3) is 0 Å². The van der Waals surface area contributed by atoms with Gasteiger partial charge in [-0.2, -0.15) is 0 Å². The first-order chi connectivity index (χ1) is 1.41. The second-order valence-electron chi connectivity index (χ2n) is 0.183. The monoisotopic (exact) mass is 96.0 g/mol. The van der Waals surface area contributed by atoms with E-state index in [0.29, 0.717) is 0 Å². The van der Waals surface area contributed by atoms with E-state index in [1.807, 2.05) is 0 Å². The van der Waals surface area contributed by atoms with E-state index in [1.54, 1.807) is 0 Å². The molecule has 0 amide bonds. The van der Waals surface area contributed by atoms with Crippen LogP contribution >= 0.6 is 0 Å². The molecule has 0 saturated carbocycles. The van der Waals surface area contributed by atoms with Crippen LogP contribution in [0.2, 0.25) is 0 Å². The number of rotatable bonds is 0. The summed E-state index contributed by atoms with van der Waals surface area (Å²) in [6, 6.07) is 0. The summed E-state index contributed by atoms with van der Waals surface area (Å²) in [6.07, 6.45) is 0. The first kappa shape index (κ1) is 8.82. The maximum Gasteiger partial charge on any atom is 0.0710 e. The van der Waals surface area contributed by atoms with E-state index in [4.69, 9.17) is 5.26 Å². The topological polar surface area (TPSA) is 29.5 Å². The quantitative estimate of drug-likeness (QED) is 0.263. The van der Waals surface area contributed by atoms with Crippen molar-refractivity contribution in [2.24, 2.45) is 0 Å². The molecule has 0 aromatic carbocycles. The van der Waals surface area contributed by atoms with Crippen LogP contribution in [0.5, 0.6) is 0 Å². The molecule has 1 N–H and O–H groups in total. The Hall–Kier alpha value is 0.634. The van der Waals surface area contributed by atoms with Crippen molar-refractivity contribution in [1.29, 1.82) is 0 Å². The summed E-state index contributed by atoms with van der Waals surface area (Å²) in [5.41, 5.74) is 0. The zero-order chi connectivity index (χ0) is 2.71. The molecular weight excluding hydrogens is 91.9 g/mol. The van der Waals surface area contributed by atoms with Crippen molar-refractivity contribution in [1.82, 2.24) is 0 Å². The third kappa shape index (κ3) is 17.5. The van der Waals surface area contributed by atoms with E-state index in [1.165, 1.54) is 7.11 Å². The van der Waals surface area contributed by atoms with Crippen LogP contribution in [-0.4, -0.2) is 12.4 Å². The Balaban J connectivity index is 0. The van der Waals surface area contributed by atoms with Crippen LogP contribution < -0.4 is 0 Å². The summed E-state index contributed by atoms with van der Waals surface area (Å²) in [5, 5.41) is 7.07. The molecule has 0 fully saturated rings. The Labute approximate surface area is 39.6 Å². The van der Waals surface area contributed by atoms with E-state index in [9.17, 15) is 0 Å². The van der Waals surface area contributed by atoms with Gasteiger partial charge in [-0.25, -0.2) is 4.89 Å². The minimum absolute atomic E-state index is 0. The van der Waals surface area contributed by atoms with Crippen molar-refractivity contribution < 1.29 is 31.9 Å². The largest absolute Gasteiger partial charge is 0.252 e. The third-order valence-corrected chi connectivity index (χ3v) is 0. The van der Waals surface area contributed by atoms with Crippen molar-refractivity contribution in [2.75, 3.05) is 7.11 Å². The van der Waals surface area contributed by atoms with Gasteiger partial charge in [0.15, 0.2) is 0 Å². The van der Waals surface area contributed by atoms with Gasteiger partial charge in [-0.05, 0) is 0 Å². The van der Waals surface area contributed by atoms with Crippen molar-refractivity contribution in [3.8, 4) is 0 Å². The molecule has 3 heteroatoms. The molecule has 0 aromatic heterocycles. The Morgan fingerprint density at radius 2 is 1.75 bits per heavy atom. The summed E-state index contributed by atoms with van der Waals surface area (Å²) in [6.45, 7) is 0. The molecule has 0 spiro atoms. The summed E-state index contributed by atoms with van der Waals surface area (Å²) in [5.74, 6) is 0. The Morgan fingerprint density at radius 1 is 1.75 bits per heavy atom. The van der Waals surface area contributed by atoms with Gasteiger partial charge in [0.2, 0.25) is 0 Å². The van der Waals surface area contributed by atoms with Crippen molar-refractivity contribution in [3.05, 3.63) is 0 Å². The second kappa shape index (κ2) is 9.44. The molecule has 0 saturated heterocycles. The molecule has 0 aliphatic carbocycles. The van der Waals surface area contributed by atoms with Gasteiger partial charge in [-0.3, -0.25) is 5.26 Å². The maximum atomic E-state index is 7.07. The summed E-state index contributed by atoms with van der Waals surface area (Å²) < 4.78 is 0. The SMILES string of the molecule is COO.[Ti]. The van der Waals surface area contributed by atoms with Crippen LogP contribution in [0, 0.1) is 0 Å². The van der Waals surface area contributed by atoms with Gasteiger partial charge in [0.25, 0.3) is 0 Å². The van der Waals surface area contributed by atoms with Gasteiger partial charge < -0.3 is 0 Å². The van der Waals surface area contributed by atoms with Crippen molar-refractivity contribution in [2.45, 2.75) is 0 Å². The summed E-state index contributed by atoms with van der Waals surface area (Å²) in [4.78, 5) is 3.25.